The summed E-state index contributed by atoms with van der Waals surface area (Å²) in [4.78, 5) is 12.0. The number of anilines is 3. The molecule has 0 spiro atoms. The number of hydrogen-bond acceptors (Lipinski definition) is 4. The van der Waals surface area contributed by atoms with Gasteiger partial charge in [-0.2, -0.15) is 0 Å². The Kier molecular flexibility index (Phi) is 7.91. The molecule has 184 valence electrons. The van der Waals surface area contributed by atoms with Gasteiger partial charge >= 0.3 is 6.09 Å². The molecule has 5 nitrogen and oxygen atoms in total. The number of ether oxygens (including phenoxy) is 1. The van der Waals surface area contributed by atoms with Crippen molar-refractivity contribution in [1.82, 2.24) is 5.32 Å². The van der Waals surface area contributed by atoms with Crippen LogP contribution < -0.4 is 16.0 Å². The Morgan fingerprint density at radius 1 is 0.694 bits per heavy atom. The Bertz CT molecular complexity index is 1280. The van der Waals surface area contributed by atoms with Crippen LogP contribution in [0.4, 0.5) is 21.9 Å². The van der Waals surface area contributed by atoms with Crippen LogP contribution >= 0.6 is 0 Å². The molecule has 5 heteroatoms. The van der Waals surface area contributed by atoms with Crippen LogP contribution in [0.2, 0.25) is 0 Å². The number of carbonyl (C=O) groups excluding carboxylic acids is 1. The summed E-state index contributed by atoms with van der Waals surface area (Å²) in [6.45, 7) is 6.66. The maximum absolute atomic E-state index is 12.0. The van der Waals surface area contributed by atoms with Crippen LogP contribution in [0.3, 0.4) is 0 Å². The monoisotopic (exact) mass is 479 g/mol. The van der Waals surface area contributed by atoms with Gasteiger partial charge < -0.3 is 20.7 Å². The molecule has 0 atom stereocenters. The molecule has 3 N–H and O–H groups in total. The number of carbonyl (C=O) groups is 1. The fourth-order valence-corrected chi connectivity index (χ4v) is 3.79. The second-order valence-electron chi connectivity index (χ2n) is 9.64. The van der Waals surface area contributed by atoms with Crippen molar-refractivity contribution >= 4 is 23.2 Å². The van der Waals surface area contributed by atoms with Crippen LogP contribution in [-0.2, 0) is 17.8 Å². The topological polar surface area (TPSA) is 62.4 Å². The molecule has 0 saturated heterocycles. The Morgan fingerprint density at radius 2 is 1.36 bits per heavy atom. The van der Waals surface area contributed by atoms with Crippen LogP contribution in [0.1, 0.15) is 31.9 Å². The van der Waals surface area contributed by atoms with E-state index in [-0.39, 0.29) is 0 Å². The molecule has 0 aliphatic carbocycles. The van der Waals surface area contributed by atoms with Gasteiger partial charge in [-0.1, -0.05) is 78.9 Å². The van der Waals surface area contributed by atoms with Crippen LogP contribution in [0.5, 0.6) is 0 Å². The Hall–Kier alpha value is -4.25. The third-order valence-corrected chi connectivity index (χ3v) is 5.51. The predicted octanol–water partition coefficient (Wildman–Crippen LogP) is 7.73. The zero-order valence-electron chi connectivity index (χ0n) is 21.0. The first-order valence-corrected chi connectivity index (χ1v) is 12.2. The summed E-state index contributed by atoms with van der Waals surface area (Å²) in [5.74, 6) is 0. The van der Waals surface area contributed by atoms with Gasteiger partial charge in [0.1, 0.15) is 5.60 Å². The maximum atomic E-state index is 12.0. The molecule has 0 saturated carbocycles. The van der Waals surface area contributed by atoms with Gasteiger partial charge in [-0.25, -0.2) is 4.79 Å². The summed E-state index contributed by atoms with van der Waals surface area (Å²) in [5.41, 5.74) is 7.04. The number of rotatable bonds is 8. The second kappa shape index (κ2) is 11.5. The molecule has 4 rings (SSSR count). The van der Waals surface area contributed by atoms with Crippen LogP contribution in [0.25, 0.3) is 11.1 Å². The highest BCUT2D eigenvalue weighted by atomic mass is 16.6. The lowest BCUT2D eigenvalue weighted by Gasteiger charge is -2.19. The van der Waals surface area contributed by atoms with Crippen molar-refractivity contribution in [2.24, 2.45) is 0 Å². The molecule has 36 heavy (non-hydrogen) atoms. The van der Waals surface area contributed by atoms with Crippen molar-refractivity contribution in [2.75, 3.05) is 10.6 Å². The van der Waals surface area contributed by atoms with Crippen molar-refractivity contribution in [3.8, 4) is 11.1 Å². The van der Waals surface area contributed by atoms with Gasteiger partial charge in [0.15, 0.2) is 0 Å². The molecule has 0 unspecified atom stereocenters. The first-order chi connectivity index (χ1) is 17.4. The van der Waals surface area contributed by atoms with Gasteiger partial charge in [-0.15, -0.1) is 0 Å². The number of hydrogen-bond donors (Lipinski definition) is 3. The quantitative estimate of drug-likeness (QED) is 0.242. The van der Waals surface area contributed by atoms with Gasteiger partial charge in [-0.05, 0) is 67.3 Å². The zero-order valence-corrected chi connectivity index (χ0v) is 21.0. The van der Waals surface area contributed by atoms with E-state index in [2.05, 4.69) is 70.5 Å². The third kappa shape index (κ3) is 7.37. The predicted molar refractivity (Wildman–Crippen MR) is 148 cm³/mol. The highest BCUT2D eigenvalue weighted by Gasteiger charge is 2.15. The molecule has 0 aliphatic rings. The largest absolute Gasteiger partial charge is 0.444 e. The molecular weight excluding hydrogens is 446 g/mol. The Balaban J connectivity index is 1.37. The van der Waals surface area contributed by atoms with Crippen molar-refractivity contribution in [1.29, 1.82) is 0 Å². The number of nitrogens with one attached hydrogen (secondary N) is 3. The van der Waals surface area contributed by atoms with E-state index in [0.29, 0.717) is 13.1 Å². The van der Waals surface area contributed by atoms with Gasteiger partial charge in [0, 0.05) is 18.8 Å². The van der Waals surface area contributed by atoms with E-state index in [4.69, 9.17) is 4.74 Å². The first-order valence-electron chi connectivity index (χ1n) is 12.2. The molecule has 0 aromatic heterocycles. The molecule has 4 aromatic carbocycles. The summed E-state index contributed by atoms with van der Waals surface area (Å²) in [5, 5.41) is 9.86. The van der Waals surface area contributed by atoms with Crippen LogP contribution in [0.15, 0.2) is 103 Å². The number of alkyl carbamates (subject to hydrolysis) is 1. The molecule has 0 radical (unpaired) electrons. The summed E-state index contributed by atoms with van der Waals surface area (Å²) in [7, 11) is 0. The highest BCUT2D eigenvalue weighted by Crippen LogP contribution is 2.27. The van der Waals surface area contributed by atoms with E-state index < -0.39 is 11.7 Å². The Labute approximate surface area is 213 Å². The average Bonchev–Trinajstić information content (AvgIpc) is 2.87. The lowest BCUT2D eigenvalue weighted by atomic mass is 10.0. The van der Waals surface area contributed by atoms with E-state index in [1.807, 2.05) is 69.3 Å². The first kappa shape index (κ1) is 24.9. The second-order valence-corrected chi connectivity index (χ2v) is 9.64. The lowest BCUT2D eigenvalue weighted by Crippen LogP contribution is -2.32. The summed E-state index contributed by atoms with van der Waals surface area (Å²) >= 11 is 0. The molecular formula is C31H33N3O2. The van der Waals surface area contributed by atoms with Gasteiger partial charge in [0.05, 0.1) is 11.4 Å². The molecule has 4 aromatic rings. The smallest absolute Gasteiger partial charge is 0.407 e. The normalized spacial score (nSPS) is 11.0. The summed E-state index contributed by atoms with van der Waals surface area (Å²) < 4.78 is 5.32. The SMILES string of the molecule is CC(C)(C)OC(=O)NCc1cccc(Nc2ccccc2NCc2ccc(-c3ccccc3)cc2)c1. The third-order valence-electron chi connectivity index (χ3n) is 5.51. The van der Waals surface area contributed by atoms with Crippen molar-refractivity contribution in [3.05, 3.63) is 114 Å². The van der Waals surface area contributed by atoms with Crippen LogP contribution in [0, 0.1) is 0 Å². The molecule has 0 heterocycles. The zero-order chi connectivity index (χ0) is 25.4. The van der Waals surface area contributed by atoms with E-state index in [1.54, 1.807) is 0 Å². The minimum atomic E-state index is -0.520. The molecule has 0 fully saturated rings. The molecule has 0 aliphatic heterocycles. The highest BCUT2D eigenvalue weighted by molar-refractivity contribution is 5.75. The fourth-order valence-electron chi connectivity index (χ4n) is 3.79. The van der Waals surface area contributed by atoms with Crippen LogP contribution in [-0.4, -0.2) is 11.7 Å². The van der Waals surface area contributed by atoms with Crippen molar-refractivity contribution in [3.63, 3.8) is 0 Å². The van der Waals surface area contributed by atoms with Crippen molar-refractivity contribution in [2.45, 2.75) is 39.5 Å². The molecule has 1 amide bonds. The number of benzene rings is 4. The average molecular weight is 480 g/mol. The van der Waals surface area contributed by atoms with E-state index in [0.717, 1.165) is 22.6 Å². The van der Waals surface area contributed by atoms with Gasteiger partial charge in [0.25, 0.3) is 0 Å². The Morgan fingerprint density at radius 3 is 2.08 bits per heavy atom. The van der Waals surface area contributed by atoms with E-state index in [9.17, 15) is 4.79 Å². The summed E-state index contributed by atoms with van der Waals surface area (Å²) in [6, 6.07) is 35.2. The molecule has 0 bridgehead atoms. The van der Waals surface area contributed by atoms with Crippen molar-refractivity contribution < 1.29 is 9.53 Å². The van der Waals surface area contributed by atoms with E-state index >= 15 is 0 Å². The lowest BCUT2D eigenvalue weighted by molar-refractivity contribution is 0.0523. The maximum Gasteiger partial charge on any atom is 0.407 e. The minimum Gasteiger partial charge on any atom is -0.444 e. The standard InChI is InChI=1S/C31H33N3O2/c1-31(2,3)36-30(35)33-22-24-10-9-13-27(20-24)34-29-15-8-7-14-28(29)32-21-23-16-18-26(19-17-23)25-11-5-4-6-12-25/h4-20,32,34H,21-22H2,1-3H3,(H,33,35). The summed E-state index contributed by atoms with van der Waals surface area (Å²) in [6.07, 6.45) is -0.424. The van der Waals surface area contributed by atoms with Gasteiger partial charge in [0.2, 0.25) is 0 Å². The number of amides is 1. The van der Waals surface area contributed by atoms with Gasteiger partial charge in [-0.3, -0.25) is 0 Å². The number of para-hydroxylation sites is 2. The minimum absolute atomic E-state index is 0.392. The fraction of sp³-hybridized carbons (Fsp3) is 0.194. The van der Waals surface area contributed by atoms with E-state index in [1.165, 1.54) is 16.7 Å².